The van der Waals surface area contributed by atoms with E-state index in [1.807, 2.05) is 57.3 Å². The van der Waals surface area contributed by atoms with E-state index in [0.29, 0.717) is 24.3 Å². The smallest absolute Gasteiger partial charge is 0.224 e. The van der Waals surface area contributed by atoms with Gasteiger partial charge in [0, 0.05) is 45.7 Å². The number of amides is 1. The predicted octanol–water partition coefficient (Wildman–Crippen LogP) is 3.28. The Bertz CT molecular complexity index is 992. The maximum absolute atomic E-state index is 12.7. The van der Waals surface area contributed by atoms with E-state index in [0.717, 1.165) is 49.2 Å². The van der Waals surface area contributed by atoms with Crippen LogP contribution in [0.5, 0.6) is 5.75 Å². The van der Waals surface area contributed by atoms with Crippen LogP contribution in [0.2, 0.25) is 0 Å². The molecule has 9 heteroatoms. The number of aromatic nitrogens is 3. The summed E-state index contributed by atoms with van der Waals surface area (Å²) in [4.78, 5) is 18.0. The number of piperazine rings is 1. The van der Waals surface area contributed by atoms with E-state index in [2.05, 4.69) is 15.1 Å². The first-order valence-corrected chi connectivity index (χ1v) is 11.4. The molecule has 4 rings (SSSR count). The fraction of sp³-hybridized carbons (Fsp3) is 0.381. The lowest BCUT2D eigenvalue weighted by atomic mass is 10.2. The zero-order valence-electron chi connectivity index (χ0n) is 16.7. The second-order valence-electron chi connectivity index (χ2n) is 7.12. The predicted molar refractivity (Wildman–Crippen MR) is 120 cm³/mol. The summed E-state index contributed by atoms with van der Waals surface area (Å²) in [6, 6.07) is 13.8. The number of hydrogen-bond acceptors (Lipinski definition) is 6. The highest BCUT2D eigenvalue weighted by molar-refractivity contribution is 7.71. The van der Waals surface area contributed by atoms with Gasteiger partial charge in [-0.25, -0.2) is 0 Å². The minimum atomic E-state index is 0.162. The second-order valence-corrected chi connectivity index (χ2v) is 8.45. The van der Waals surface area contributed by atoms with Crippen molar-refractivity contribution in [3.63, 3.8) is 0 Å². The molecule has 7 nitrogen and oxygen atoms in total. The molecule has 3 aromatic rings. The summed E-state index contributed by atoms with van der Waals surface area (Å²) in [5.74, 6) is 1.85. The van der Waals surface area contributed by atoms with Gasteiger partial charge in [-0.15, -0.1) is 11.3 Å². The summed E-state index contributed by atoms with van der Waals surface area (Å²) in [5.41, 5.74) is 0. The van der Waals surface area contributed by atoms with Crippen molar-refractivity contribution in [3.8, 4) is 16.5 Å². The maximum Gasteiger partial charge on any atom is 0.224 e. The van der Waals surface area contributed by atoms with Crippen molar-refractivity contribution in [2.45, 2.75) is 13.0 Å². The first-order valence-electron chi connectivity index (χ1n) is 10.1. The summed E-state index contributed by atoms with van der Waals surface area (Å²) in [6.07, 6.45) is 0.420. The van der Waals surface area contributed by atoms with Crippen molar-refractivity contribution in [3.05, 3.63) is 52.6 Å². The fourth-order valence-corrected chi connectivity index (χ4v) is 4.46. The van der Waals surface area contributed by atoms with Gasteiger partial charge in [0.25, 0.3) is 0 Å². The van der Waals surface area contributed by atoms with Crippen LogP contribution in [0.4, 0.5) is 0 Å². The second kappa shape index (κ2) is 10.0. The summed E-state index contributed by atoms with van der Waals surface area (Å²) < 4.78 is 8.24. The van der Waals surface area contributed by atoms with Crippen LogP contribution in [-0.2, 0) is 11.3 Å². The molecule has 1 fully saturated rings. The van der Waals surface area contributed by atoms with Gasteiger partial charge in [-0.05, 0) is 35.8 Å². The number of carbonyl (C=O) groups excluding carboxylic acids is 1. The Kier molecular flexibility index (Phi) is 6.93. The van der Waals surface area contributed by atoms with E-state index < -0.39 is 0 Å². The van der Waals surface area contributed by atoms with E-state index in [4.69, 9.17) is 17.0 Å². The Morgan fingerprint density at radius 3 is 2.63 bits per heavy atom. The van der Waals surface area contributed by atoms with Crippen LogP contribution in [0.3, 0.4) is 0 Å². The molecule has 0 radical (unpaired) electrons. The van der Waals surface area contributed by atoms with Gasteiger partial charge >= 0.3 is 0 Å². The molecule has 158 valence electrons. The number of nitrogens with one attached hydrogen (secondary N) is 1. The third-order valence-corrected chi connectivity index (χ3v) is 6.37. The highest BCUT2D eigenvalue weighted by Gasteiger charge is 2.21. The number of rotatable bonds is 8. The van der Waals surface area contributed by atoms with Gasteiger partial charge < -0.3 is 9.64 Å². The zero-order chi connectivity index (χ0) is 20.8. The third kappa shape index (κ3) is 5.16. The number of carbonyl (C=O) groups is 1. The van der Waals surface area contributed by atoms with E-state index in [9.17, 15) is 4.79 Å². The molecule has 1 saturated heterocycles. The molecule has 1 aliphatic heterocycles. The Morgan fingerprint density at radius 1 is 1.10 bits per heavy atom. The SMILES string of the molecule is O=C(CCn1c(-c2cccs2)n[nH]c1=S)N1CCN(CCOc2ccccc2)CC1. The lowest BCUT2D eigenvalue weighted by Crippen LogP contribution is -2.49. The first-order chi connectivity index (χ1) is 14.7. The van der Waals surface area contributed by atoms with Crippen molar-refractivity contribution in [2.75, 3.05) is 39.3 Å². The Labute approximate surface area is 184 Å². The number of H-pyrrole nitrogens is 1. The van der Waals surface area contributed by atoms with Crippen LogP contribution in [0.1, 0.15) is 6.42 Å². The molecule has 0 unspecified atom stereocenters. The van der Waals surface area contributed by atoms with Gasteiger partial charge in [0.15, 0.2) is 10.6 Å². The topological polar surface area (TPSA) is 66.4 Å². The molecule has 3 heterocycles. The standard InChI is InChI=1S/C21H25N5O2S2/c27-19(8-9-26-20(22-23-21(26)29)18-7-4-16-30-18)25-12-10-24(11-13-25)14-15-28-17-5-2-1-3-6-17/h1-7,16H,8-15H2,(H,23,29). The number of ether oxygens (including phenoxy) is 1. The van der Waals surface area contributed by atoms with Gasteiger partial charge in [-0.3, -0.25) is 19.4 Å². The summed E-state index contributed by atoms with van der Waals surface area (Å²) in [5, 5.41) is 9.17. The van der Waals surface area contributed by atoms with Crippen LogP contribution in [-0.4, -0.2) is 69.8 Å². The lowest BCUT2D eigenvalue weighted by Gasteiger charge is -2.34. The number of hydrogen-bond donors (Lipinski definition) is 1. The normalized spacial score (nSPS) is 14.7. The molecule has 0 spiro atoms. The molecule has 1 amide bonds. The number of para-hydroxylation sites is 1. The van der Waals surface area contributed by atoms with Crippen LogP contribution in [0.15, 0.2) is 47.8 Å². The molecule has 0 atom stereocenters. The van der Waals surface area contributed by atoms with E-state index >= 15 is 0 Å². The minimum Gasteiger partial charge on any atom is -0.492 e. The molecule has 0 saturated carbocycles. The maximum atomic E-state index is 12.7. The number of aromatic amines is 1. The van der Waals surface area contributed by atoms with Crippen LogP contribution < -0.4 is 4.74 Å². The Hall–Kier alpha value is -2.49. The summed E-state index contributed by atoms with van der Waals surface area (Å²) in [7, 11) is 0. The van der Waals surface area contributed by atoms with Gasteiger partial charge in [0.05, 0.1) is 4.88 Å². The van der Waals surface area contributed by atoms with Crippen LogP contribution in [0, 0.1) is 4.77 Å². The van der Waals surface area contributed by atoms with Crippen LogP contribution in [0.25, 0.3) is 10.7 Å². The zero-order valence-corrected chi connectivity index (χ0v) is 18.3. The molecular weight excluding hydrogens is 418 g/mol. The van der Waals surface area contributed by atoms with Gasteiger partial charge in [0.1, 0.15) is 12.4 Å². The molecule has 2 aromatic heterocycles. The highest BCUT2D eigenvalue weighted by Crippen LogP contribution is 2.23. The summed E-state index contributed by atoms with van der Waals surface area (Å²) in [6.45, 7) is 5.29. The number of benzene rings is 1. The Morgan fingerprint density at radius 2 is 1.90 bits per heavy atom. The fourth-order valence-electron chi connectivity index (χ4n) is 3.51. The molecule has 1 aromatic carbocycles. The highest BCUT2D eigenvalue weighted by atomic mass is 32.1. The lowest BCUT2D eigenvalue weighted by molar-refractivity contribution is -0.133. The molecule has 1 N–H and O–H groups in total. The van der Waals surface area contributed by atoms with E-state index in [1.165, 1.54) is 0 Å². The molecular formula is C21H25N5O2S2. The Balaban J connectivity index is 1.22. The number of thiophene rings is 1. The molecule has 30 heavy (non-hydrogen) atoms. The van der Waals surface area contributed by atoms with Crippen molar-refractivity contribution < 1.29 is 9.53 Å². The minimum absolute atomic E-state index is 0.162. The summed E-state index contributed by atoms with van der Waals surface area (Å²) >= 11 is 6.96. The van der Waals surface area contributed by atoms with E-state index in [1.54, 1.807) is 11.3 Å². The third-order valence-electron chi connectivity index (χ3n) is 5.19. The van der Waals surface area contributed by atoms with Gasteiger partial charge in [-0.1, -0.05) is 24.3 Å². The van der Waals surface area contributed by atoms with Gasteiger partial charge in [0.2, 0.25) is 5.91 Å². The first kappa shape index (κ1) is 20.8. The molecule has 0 bridgehead atoms. The van der Waals surface area contributed by atoms with Crippen molar-refractivity contribution in [2.24, 2.45) is 0 Å². The van der Waals surface area contributed by atoms with Crippen LogP contribution >= 0.6 is 23.6 Å². The average molecular weight is 444 g/mol. The largest absolute Gasteiger partial charge is 0.492 e. The molecule has 1 aliphatic rings. The quantitative estimate of drug-likeness (QED) is 0.541. The van der Waals surface area contributed by atoms with E-state index in [-0.39, 0.29) is 5.91 Å². The van der Waals surface area contributed by atoms with Crippen molar-refractivity contribution in [1.82, 2.24) is 24.6 Å². The van der Waals surface area contributed by atoms with Crippen molar-refractivity contribution >= 4 is 29.5 Å². The average Bonchev–Trinajstić information content (AvgIpc) is 3.43. The molecule has 0 aliphatic carbocycles. The van der Waals surface area contributed by atoms with Gasteiger partial charge in [-0.2, -0.15) is 5.10 Å². The van der Waals surface area contributed by atoms with Crippen molar-refractivity contribution in [1.29, 1.82) is 0 Å². The number of nitrogens with zero attached hydrogens (tertiary/aromatic N) is 4. The monoisotopic (exact) mass is 443 g/mol.